The molecule has 8 heteroatoms. The van der Waals surface area contributed by atoms with Crippen molar-refractivity contribution in [1.82, 2.24) is 9.97 Å². The monoisotopic (exact) mass is 288 g/mol. The van der Waals surface area contributed by atoms with Crippen molar-refractivity contribution in [3.8, 4) is 0 Å². The fraction of sp³-hybridized carbons (Fsp3) is 0.600. The molecule has 1 aromatic rings. The lowest BCUT2D eigenvalue weighted by Gasteiger charge is -2.23. The van der Waals surface area contributed by atoms with Gasteiger partial charge in [0.05, 0.1) is 11.5 Å². The second-order valence-electron chi connectivity index (χ2n) is 4.26. The number of rotatable bonds is 3. The molecule has 1 aliphatic heterocycles. The highest BCUT2D eigenvalue weighted by molar-refractivity contribution is 7.98. The molecule has 1 fully saturated rings. The number of sulfone groups is 1. The van der Waals surface area contributed by atoms with Gasteiger partial charge in [0.25, 0.3) is 0 Å². The molecule has 0 spiro atoms. The molecule has 1 aliphatic rings. The van der Waals surface area contributed by atoms with Crippen molar-refractivity contribution in [2.45, 2.75) is 24.0 Å². The molecular formula is C10H16N4O2S2. The highest BCUT2D eigenvalue weighted by Crippen LogP contribution is 2.19. The summed E-state index contributed by atoms with van der Waals surface area (Å²) in [6, 6.07) is 1.54. The second kappa shape index (κ2) is 5.31. The summed E-state index contributed by atoms with van der Waals surface area (Å²) in [4.78, 5) is 8.31. The molecule has 18 heavy (non-hydrogen) atoms. The van der Waals surface area contributed by atoms with Crippen LogP contribution in [0.1, 0.15) is 12.8 Å². The Morgan fingerprint density at radius 1 is 1.50 bits per heavy atom. The topological polar surface area (TPSA) is 98.0 Å². The van der Waals surface area contributed by atoms with Crippen LogP contribution in [0.15, 0.2) is 11.2 Å². The van der Waals surface area contributed by atoms with Gasteiger partial charge in [-0.25, -0.2) is 18.4 Å². The molecule has 0 aromatic carbocycles. The third-order valence-electron chi connectivity index (χ3n) is 2.72. The lowest BCUT2D eigenvalue weighted by atomic mass is 10.2. The lowest BCUT2D eigenvalue weighted by molar-refractivity contribution is 0.561. The third kappa shape index (κ3) is 3.49. The zero-order valence-electron chi connectivity index (χ0n) is 10.1. The number of anilines is 2. The number of nitrogens with zero attached hydrogens (tertiary/aromatic N) is 2. The number of nitrogens with two attached hydrogens (primary N) is 1. The molecular weight excluding hydrogens is 272 g/mol. The average molecular weight is 288 g/mol. The number of aromatic nitrogens is 2. The van der Waals surface area contributed by atoms with Crippen molar-refractivity contribution >= 4 is 33.2 Å². The Morgan fingerprint density at radius 3 is 2.94 bits per heavy atom. The maximum Gasteiger partial charge on any atom is 0.191 e. The highest BCUT2D eigenvalue weighted by atomic mass is 32.2. The van der Waals surface area contributed by atoms with Crippen LogP contribution in [0.5, 0.6) is 0 Å². The predicted octanol–water partition coefficient (Wildman–Crippen LogP) is 0.770. The molecule has 2 heterocycles. The Morgan fingerprint density at radius 2 is 2.28 bits per heavy atom. The Hall–Kier alpha value is -1.02. The van der Waals surface area contributed by atoms with Crippen LogP contribution in [0.3, 0.4) is 0 Å². The van der Waals surface area contributed by atoms with E-state index in [1.165, 1.54) is 11.8 Å². The number of hydrogen-bond acceptors (Lipinski definition) is 7. The van der Waals surface area contributed by atoms with Crippen molar-refractivity contribution in [2.24, 2.45) is 0 Å². The van der Waals surface area contributed by atoms with Crippen molar-refractivity contribution in [3.05, 3.63) is 6.07 Å². The molecule has 0 saturated carbocycles. The quantitative estimate of drug-likeness (QED) is 0.626. The molecule has 0 aliphatic carbocycles. The first-order chi connectivity index (χ1) is 8.48. The van der Waals surface area contributed by atoms with Gasteiger partial charge >= 0.3 is 0 Å². The van der Waals surface area contributed by atoms with Crippen molar-refractivity contribution < 1.29 is 8.42 Å². The van der Waals surface area contributed by atoms with Gasteiger partial charge in [0.2, 0.25) is 0 Å². The number of thioether (sulfide) groups is 1. The van der Waals surface area contributed by atoms with Crippen LogP contribution in [0.2, 0.25) is 0 Å². The highest BCUT2D eigenvalue weighted by Gasteiger charge is 2.24. The summed E-state index contributed by atoms with van der Waals surface area (Å²) >= 11 is 1.40. The summed E-state index contributed by atoms with van der Waals surface area (Å²) < 4.78 is 23.1. The van der Waals surface area contributed by atoms with Crippen LogP contribution in [0, 0.1) is 0 Å². The number of nitrogen functional groups attached to an aromatic ring is 1. The van der Waals surface area contributed by atoms with Crippen LogP contribution in [-0.2, 0) is 9.84 Å². The van der Waals surface area contributed by atoms with Crippen molar-refractivity contribution in [3.63, 3.8) is 0 Å². The zero-order valence-corrected chi connectivity index (χ0v) is 11.7. The van der Waals surface area contributed by atoms with Gasteiger partial charge in [0.1, 0.15) is 11.6 Å². The van der Waals surface area contributed by atoms with E-state index < -0.39 is 9.84 Å². The van der Waals surface area contributed by atoms with E-state index in [4.69, 9.17) is 5.73 Å². The molecule has 0 radical (unpaired) electrons. The molecule has 1 atom stereocenters. The largest absolute Gasteiger partial charge is 0.383 e. The van der Waals surface area contributed by atoms with Gasteiger partial charge in [-0.05, 0) is 19.1 Å². The summed E-state index contributed by atoms with van der Waals surface area (Å²) in [6.07, 6.45) is 3.39. The average Bonchev–Trinajstić information content (AvgIpc) is 2.26. The molecule has 1 unspecified atom stereocenters. The maximum absolute atomic E-state index is 11.5. The minimum atomic E-state index is -2.92. The summed E-state index contributed by atoms with van der Waals surface area (Å²) in [5.41, 5.74) is 5.67. The van der Waals surface area contributed by atoms with Gasteiger partial charge in [-0.1, -0.05) is 11.8 Å². The Kier molecular flexibility index (Phi) is 3.96. The van der Waals surface area contributed by atoms with E-state index in [9.17, 15) is 8.42 Å². The van der Waals surface area contributed by atoms with Crippen LogP contribution in [0.4, 0.5) is 11.6 Å². The Labute approximate surface area is 111 Å². The minimum Gasteiger partial charge on any atom is -0.383 e. The first-order valence-corrected chi connectivity index (χ1v) is 8.68. The summed E-state index contributed by atoms with van der Waals surface area (Å²) in [5, 5.41) is 3.71. The fourth-order valence-electron chi connectivity index (χ4n) is 1.95. The predicted molar refractivity (Wildman–Crippen MR) is 73.5 cm³/mol. The van der Waals surface area contributed by atoms with Crippen LogP contribution >= 0.6 is 11.8 Å². The van der Waals surface area contributed by atoms with Crippen LogP contribution < -0.4 is 11.1 Å². The Balaban J connectivity index is 2.11. The lowest BCUT2D eigenvalue weighted by Crippen LogP contribution is -2.35. The summed E-state index contributed by atoms with van der Waals surface area (Å²) in [5.74, 6) is 1.42. The molecule has 6 nitrogen and oxygen atoms in total. The Bertz CT molecular complexity index is 533. The fourth-order valence-corrected chi connectivity index (χ4v) is 3.98. The van der Waals surface area contributed by atoms with E-state index in [1.54, 1.807) is 6.07 Å². The molecule has 1 saturated heterocycles. The maximum atomic E-state index is 11.5. The number of hydrogen-bond donors (Lipinski definition) is 2. The summed E-state index contributed by atoms with van der Waals surface area (Å²) in [7, 11) is -2.92. The van der Waals surface area contributed by atoms with E-state index in [-0.39, 0.29) is 17.5 Å². The van der Waals surface area contributed by atoms with Gasteiger partial charge in [0.15, 0.2) is 15.0 Å². The standard InChI is InChI=1S/C10H16N4O2S2/c1-17-10-13-8(11)5-9(14-10)12-7-3-2-4-18(15,16)6-7/h5,7H,2-4,6H2,1H3,(H3,11,12,13,14). The van der Waals surface area contributed by atoms with Gasteiger partial charge < -0.3 is 11.1 Å². The third-order valence-corrected chi connectivity index (χ3v) is 5.09. The first-order valence-electron chi connectivity index (χ1n) is 5.64. The van der Waals surface area contributed by atoms with E-state index in [0.29, 0.717) is 23.2 Å². The molecule has 0 bridgehead atoms. The SMILES string of the molecule is CSc1nc(N)cc(NC2CCCS(=O)(=O)C2)n1. The normalized spacial score (nSPS) is 22.6. The van der Waals surface area contributed by atoms with E-state index >= 15 is 0 Å². The van der Waals surface area contributed by atoms with E-state index in [0.717, 1.165) is 6.42 Å². The zero-order chi connectivity index (χ0) is 13.2. The van der Waals surface area contributed by atoms with Gasteiger partial charge in [0, 0.05) is 12.1 Å². The second-order valence-corrected chi connectivity index (χ2v) is 7.26. The van der Waals surface area contributed by atoms with Gasteiger partial charge in [-0.3, -0.25) is 0 Å². The van der Waals surface area contributed by atoms with Crippen molar-refractivity contribution in [2.75, 3.05) is 28.8 Å². The molecule has 2 rings (SSSR count). The smallest absolute Gasteiger partial charge is 0.191 e. The van der Waals surface area contributed by atoms with E-state index in [1.807, 2.05) is 6.26 Å². The van der Waals surface area contributed by atoms with Crippen molar-refractivity contribution in [1.29, 1.82) is 0 Å². The minimum absolute atomic E-state index is 0.0900. The molecule has 100 valence electrons. The number of nitrogens with one attached hydrogen (secondary N) is 1. The van der Waals surface area contributed by atoms with Gasteiger partial charge in [-0.15, -0.1) is 0 Å². The molecule has 3 N–H and O–H groups in total. The summed E-state index contributed by atoms with van der Waals surface area (Å²) in [6.45, 7) is 0. The molecule has 0 amide bonds. The van der Waals surface area contributed by atoms with Crippen LogP contribution in [0.25, 0.3) is 0 Å². The van der Waals surface area contributed by atoms with Crippen LogP contribution in [-0.4, -0.2) is 42.2 Å². The molecule has 1 aromatic heterocycles. The van der Waals surface area contributed by atoms with Gasteiger partial charge in [-0.2, -0.15) is 0 Å². The first kappa shape index (κ1) is 13.4. The van der Waals surface area contributed by atoms with E-state index in [2.05, 4.69) is 15.3 Å².